The largest absolute Gasteiger partial charge is 0.379 e. The molecule has 2 heterocycles. The zero-order valence-electron chi connectivity index (χ0n) is 10.2. The third-order valence-electron chi connectivity index (χ3n) is 3.23. The number of nitrogens with two attached hydrogens (primary N) is 1. The zero-order chi connectivity index (χ0) is 11.9. The van der Waals surface area contributed by atoms with Gasteiger partial charge in [-0.3, -0.25) is 9.88 Å². The van der Waals surface area contributed by atoms with Crippen LogP contribution in [0.15, 0.2) is 24.5 Å². The third-order valence-corrected chi connectivity index (χ3v) is 3.23. The van der Waals surface area contributed by atoms with Crippen molar-refractivity contribution in [1.29, 1.82) is 0 Å². The number of morpholine rings is 1. The minimum atomic E-state index is 0.138. The molecule has 0 radical (unpaired) electrons. The Bertz CT molecular complexity index is 312. The highest BCUT2D eigenvalue weighted by atomic mass is 16.5. The summed E-state index contributed by atoms with van der Waals surface area (Å²) in [6.07, 6.45) is 5.78. The molecular weight excluding hydrogens is 214 g/mol. The van der Waals surface area contributed by atoms with Gasteiger partial charge in [0, 0.05) is 31.5 Å². The van der Waals surface area contributed by atoms with Gasteiger partial charge in [-0.1, -0.05) is 0 Å². The summed E-state index contributed by atoms with van der Waals surface area (Å²) in [5.74, 6) is 0. The molecule has 17 heavy (non-hydrogen) atoms. The van der Waals surface area contributed by atoms with E-state index >= 15 is 0 Å². The Hall–Kier alpha value is -0.970. The van der Waals surface area contributed by atoms with Gasteiger partial charge in [0.1, 0.15) is 0 Å². The zero-order valence-corrected chi connectivity index (χ0v) is 10.2. The minimum absolute atomic E-state index is 0.138. The average molecular weight is 235 g/mol. The lowest BCUT2D eigenvalue weighted by Crippen LogP contribution is -2.37. The number of ether oxygens (including phenoxy) is 1. The molecule has 0 saturated carbocycles. The lowest BCUT2D eigenvalue weighted by molar-refractivity contribution is 0.0370. The van der Waals surface area contributed by atoms with Gasteiger partial charge in [0.15, 0.2) is 0 Å². The smallest absolute Gasteiger partial charge is 0.0594 e. The predicted octanol–water partition coefficient (Wildman–Crippen LogP) is 1.19. The summed E-state index contributed by atoms with van der Waals surface area (Å²) in [6, 6.07) is 4.14. The van der Waals surface area contributed by atoms with Gasteiger partial charge in [0.2, 0.25) is 0 Å². The molecule has 1 saturated heterocycles. The maximum Gasteiger partial charge on any atom is 0.0594 e. The van der Waals surface area contributed by atoms with E-state index in [2.05, 4.69) is 9.88 Å². The Balaban J connectivity index is 1.67. The fraction of sp³-hybridized carbons (Fsp3) is 0.615. The highest BCUT2D eigenvalue weighted by Crippen LogP contribution is 2.14. The van der Waals surface area contributed by atoms with Crippen molar-refractivity contribution >= 4 is 0 Å². The molecule has 2 N–H and O–H groups in total. The van der Waals surface area contributed by atoms with Crippen molar-refractivity contribution in [1.82, 2.24) is 9.88 Å². The van der Waals surface area contributed by atoms with E-state index in [-0.39, 0.29) is 6.04 Å². The molecule has 1 unspecified atom stereocenters. The highest BCUT2D eigenvalue weighted by Gasteiger charge is 2.11. The van der Waals surface area contributed by atoms with Gasteiger partial charge in [-0.2, -0.15) is 0 Å². The van der Waals surface area contributed by atoms with Gasteiger partial charge in [-0.25, -0.2) is 0 Å². The first kappa shape index (κ1) is 12.5. The van der Waals surface area contributed by atoms with E-state index in [1.807, 2.05) is 12.1 Å². The van der Waals surface area contributed by atoms with Crippen LogP contribution < -0.4 is 5.73 Å². The molecule has 4 heteroatoms. The Kier molecular flexibility index (Phi) is 4.91. The maximum atomic E-state index is 6.14. The number of hydrogen-bond acceptors (Lipinski definition) is 4. The molecule has 4 nitrogen and oxygen atoms in total. The van der Waals surface area contributed by atoms with Crippen molar-refractivity contribution < 1.29 is 4.74 Å². The van der Waals surface area contributed by atoms with Gasteiger partial charge < -0.3 is 10.5 Å². The second-order valence-corrected chi connectivity index (χ2v) is 4.48. The molecule has 1 aromatic rings. The molecule has 94 valence electrons. The molecule has 1 aliphatic heterocycles. The first-order chi connectivity index (χ1) is 8.36. The summed E-state index contributed by atoms with van der Waals surface area (Å²) in [7, 11) is 0. The molecule has 2 rings (SSSR count). The lowest BCUT2D eigenvalue weighted by Gasteiger charge is -2.26. The normalized spacial score (nSPS) is 19.1. The fourth-order valence-electron chi connectivity index (χ4n) is 2.14. The summed E-state index contributed by atoms with van der Waals surface area (Å²) in [4.78, 5) is 6.45. The standard InChI is InChI=1S/C13H21N3O/c14-13(12-3-5-15-6-4-12)2-1-7-16-8-10-17-11-9-16/h3-6,13H,1-2,7-11,14H2. The van der Waals surface area contributed by atoms with Crippen LogP contribution in [0.4, 0.5) is 0 Å². The molecule has 1 fully saturated rings. The van der Waals surface area contributed by atoms with Crippen LogP contribution in [0.3, 0.4) is 0 Å². The van der Waals surface area contributed by atoms with Gasteiger partial charge in [0.25, 0.3) is 0 Å². The molecule has 1 atom stereocenters. The Morgan fingerprint density at radius 2 is 2.00 bits per heavy atom. The lowest BCUT2D eigenvalue weighted by atomic mass is 10.0. The van der Waals surface area contributed by atoms with Crippen molar-refractivity contribution in [3.63, 3.8) is 0 Å². The molecule has 1 aromatic heterocycles. The summed E-state index contributed by atoms with van der Waals surface area (Å²) >= 11 is 0. The summed E-state index contributed by atoms with van der Waals surface area (Å²) in [5, 5.41) is 0. The quantitative estimate of drug-likeness (QED) is 0.833. The Morgan fingerprint density at radius 1 is 1.29 bits per heavy atom. The van der Waals surface area contributed by atoms with Crippen LogP contribution in [0.1, 0.15) is 24.4 Å². The molecule has 1 aliphatic rings. The van der Waals surface area contributed by atoms with Crippen molar-refractivity contribution in [2.24, 2.45) is 5.73 Å². The second kappa shape index (κ2) is 6.69. The predicted molar refractivity (Wildman–Crippen MR) is 67.7 cm³/mol. The molecule has 0 spiro atoms. The van der Waals surface area contributed by atoms with E-state index in [9.17, 15) is 0 Å². The SMILES string of the molecule is NC(CCCN1CCOCC1)c1ccncc1. The van der Waals surface area contributed by atoms with Crippen LogP contribution in [0.5, 0.6) is 0 Å². The summed E-state index contributed by atoms with van der Waals surface area (Å²) in [5.41, 5.74) is 7.32. The van der Waals surface area contributed by atoms with E-state index in [4.69, 9.17) is 10.5 Å². The van der Waals surface area contributed by atoms with E-state index in [0.717, 1.165) is 45.7 Å². The van der Waals surface area contributed by atoms with Crippen molar-refractivity contribution in [2.75, 3.05) is 32.8 Å². The number of aromatic nitrogens is 1. The number of nitrogens with zero attached hydrogens (tertiary/aromatic N) is 2. The molecular formula is C13H21N3O. The third kappa shape index (κ3) is 4.07. The second-order valence-electron chi connectivity index (χ2n) is 4.48. The molecule has 0 aliphatic carbocycles. The highest BCUT2D eigenvalue weighted by molar-refractivity contribution is 5.13. The monoisotopic (exact) mass is 235 g/mol. The van der Waals surface area contributed by atoms with Crippen LogP contribution in [-0.2, 0) is 4.74 Å². The average Bonchev–Trinajstić information content (AvgIpc) is 2.41. The van der Waals surface area contributed by atoms with Crippen LogP contribution >= 0.6 is 0 Å². The first-order valence-corrected chi connectivity index (χ1v) is 6.32. The molecule has 0 amide bonds. The number of rotatable bonds is 5. The van der Waals surface area contributed by atoms with Gasteiger partial charge in [-0.05, 0) is 37.1 Å². The van der Waals surface area contributed by atoms with Crippen LogP contribution in [0.2, 0.25) is 0 Å². The Morgan fingerprint density at radius 3 is 2.71 bits per heavy atom. The first-order valence-electron chi connectivity index (χ1n) is 6.32. The van der Waals surface area contributed by atoms with Crippen molar-refractivity contribution in [2.45, 2.75) is 18.9 Å². The van der Waals surface area contributed by atoms with E-state index in [1.54, 1.807) is 12.4 Å². The fourth-order valence-corrected chi connectivity index (χ4v) is 2.14. The van der Waals surface area contributed by atoms with Gasteiger partial charge in [-0.15, -0.1) is 0 Å². The van der Waals surface area contributed by atoms with E-state index in [1.165, 1.54) is 5.56 Å². The van der Waals surface area contributed by atoms with Crippen LogP contribution in [0, 0.1) is 0 Å². The molecule has 0 bridgehead atoms. The van der Waals surface area contributed by atoms with Gasteiger partial charge in [0.05, 0.1) is 13.2 Å². The van der Waals surface area contributed by atoms with Crippen molar-refractivity contribution in [3.05, 3.63) is 30.1 Å². The minimum Gasteiger partial charge on any atom is -0.379 e. The van der Waals surface area contributed by atoms with E-state index < -0.39 is 0 Å². The van der Waals surface area contributed by atoms with E-state index in [0.29, 0.717) is 0 Å². The van der Waals surface area contributed by atoms with Crippen LogP contribution in [-0.4, -0.2) is 42.7 Å². The van der Waals surface area contributed by atoms with Crippen LogP contribution in [0.25, 0.3) is 0 Å². The summed E-state index contributed by atoms with van der Waals surface area (Å²) in [6.45, 7) is 4.99. The summed E-state index contributed by atoms with van der Waals surface area (Å²) < 4.78 is 5.32. The number of hydrogen-bond donors (Lipinski definition) is 1. The topological polar surface area (TPSA) is 51.4 Å². The number of pyridine rings is 1. The van der Waals surface area contributed by atoms with Gasteiger partial charge >= 0.3 is 0 Å². The maximum absolute atomic E-state index is 6.14. The van der Waals surface area contributed by atoms with Crippen molar-refractivity contribution in [3.8, 4) is 0 Å². The Labute approximate surface area is 103 Å². The molecule has 0 aromatic carbocycles.